The molecule has 1 unspecified atom stereocenters. The maximum atomic E-state index is 2.57. The van der Waals surface area contributed by atoms with Crippen LogP contribution in [-0.2, 0) is 0 Å². The summed E-state index contributed by atoms with van der Waals surface area (Å²) in [4.78, 5) is 2.57. The van der Waals surface area contributed by atoms with E-state index in [1.165, 1.54) is 12.0 Å². The zero-order valence-electron chi connectivity index (χ0n) is 14.7. The molecule has 0 fully saturated rings. The van der Waals surface area contributed by atoms with Gasteiger partial charge in [0.05, 0.1) is 0 Å². The summed E-state index contributed by atoms with van der Waals surface area (Å²) in [5.74, 6) is 0.599. The van der Waals surface area contributed by atoms with Crippen LogP contribution in [0, 0.1) is 11.3 Å². The lowest BCUT2D eigenvalue weighted by atomic mass is 9.79. The quantitative estimate of drug-likeness (QED) is 0.683. The van der Waals surface area contributed by atoms with Gasteiger partial charge in [0.25, 0.3) is 0 Å². The van der Waals surface area contributed by atoms with Gasteiger partial charge in [-0.05, 0) is 44.2 Å². The Kier molecular flexibility index (Phi) is 5.43. The lowest BCUT2D eigenvalue weighted by molar-refractivity contribution is 0.0424. The minimum absolute atomic E-state index is 0.184. The lowest BCUT2D eigenvalue weighted by Gasteiger charge is -2.46. The molecule has 0 heterocycles. The summed E-state index contributed by atoms with van der Waals surface area (Å²) in [5.41, 5.74) is 1.95. The van der Waals surface area contributed by atoms with E-state index in [1.54, 1.807) is 0 Å². The van der Waals surface area contributed by atoms with Gasteiger partial charge in [0.1, 0.15) is 0 Å². The Morgan fingerprint density at radius 2 is 1.45 bits per heavy atom. The van der Waals surface area contributed by atoms with Gasteiger partial charge in [-0.3, -0.25) is 4.90 Å². The van der Waals surface area contributed by atoms with Crippen molar-refractivity contribution < 1.29 is 0 Å². The van der Waals surface area contributed by atoms with Crippen LogP contribution in [0.3, 0.4) is 0 Å². The second-order valence-corrected chi connectivity index (χ2v) is 8.26. The predicted octanol–water partition coefficient (Wildman–Crippen LogP) is 5.53. The Hall–Kier alpha value is -0.820. The minimum atomic E-state index is 0.184. The monoisotopic (exact) mass is 275 g/mol. The maximum Gasteiger partial charge on any atom is 0.0373 e. The molecule has 20 heavy (non-hydrogen) atoms. The fourth-order valence-electron chi connectivity index (χ4n) is 3.50. The summed E-state index contributed by atoms with van der Waals surface area (Å²) in [6.45, 7) is 16.4. The van der Waals surface area contributed by atoms with Crippen LogP contribution < -0.4 is 0 Å². The highest BCUT2D eigenvalue weighted by Crippen LogP contribution is 2.38. The zero-order valence-corrected chi connectivity index (χ0v) is 14.7. The van der Waals surface area contributed by atoms with Gasteiger partial charge in [-0.25, -0.2) is 0 Å². The molecule has 0 aliphatic heterocycles. The fourth-order valence-corrected chi connectivity index (χ4v) is 3.50. The molecule has 0 saturated carbocycles. The third-order valence-electron chi connectivity index (χ3n) is 4.11. The van der Waals surface area contributed by atoms with Crippen LogP contribution in [0.4, 0.5) is 0 Å². The average Bonchev–Trinajstić information content (AvgIpc) is 2.26. The van der Waals surface area contributed by atoms with Gasteiger partial charge in [0, 0.05) is 11.6 Å². The first-order valence-corrected chi connectivity index (χ1v) is 7.82. The normalized spacial score (nSPS) is 14.9. The largest absolute Gasteiger partial charge is 0.294 e. The van der Waals surface area contributed by atoms with Crippen LogP contribution >= 0.6 is 0 Å². The Labute approximate surface area is 126 Å². The zero-order chi connectivity index (χ0) is 15.6. The molecule has 0 radical (unpaired) electrons. The van der Waals surface area contributed by atoms with Crippen molar-refractivity contribution in [2.24, 2.45) is 11.3 Å². The van der Waals surface area contributed by atoms with Gasteiger partial charge in [0.15, 0.2) is 0 Å². The first-order chi connectivity index (χ1) is 9.04. The van der Waals surface area contributed by atoms with Gasteiger partial charge < -0.3 is 0 Å². The van der Waals surface area contributed by atoms with Crippen molar-refractivity contribution in [3.05, 3.63) is 35.9 Å². The summed E-state index contributed by atoms with van der Waals surface area (Å²) >= 11 is 0. The summed E-state index contributed by atoms with van der Waals surface area (Å²) in [7, 11) is 2.28. The second-order valence-electron chi connectivity index (χ2n) is 8.26. The number of hydrogen-bond acceptors (Lipinski definition) is 1. The van der Waals surface area contributed by atoms with E-state index in [0.29, 0.717) is 17.4 Å². The Morgan fingerprint density at radius 1 is 0.950 bits per heavy atom. The summed E-state index contributed by atoms with van der Waals surface area (Å²) in [6.07, 6.45) is 1.19. The first kappa shape index (κ1) is 17.2. The molecule has 1 atom stereocenters. The minimum Gasteiger partial charge on any atom is -0.294 e. The standard InChI is InChI=1S/C19H33N/c1-15(2)17(16-12-10-9-11-13-16)20(8)19(6,7)14-18(3,4)5/h9-13,15,17H,14H2,1-8H3. The van der Waals surface area contributed by atoms with Crippen molar-refractivity contribution in [2.45, 2.75) is 66.5 Å². The average molecular weight is 275 g/mol. The van der Waals surface area contributed by atoms with Crippen LogP contribution in [0.5, 0.6) is 0 Å². The van der Waals surface area contributed by atoms with E-state index < -0.39 is 0 Å². The van der Waals surface area contributed by atoms with Crippen molar-refractivity contribution in [1.82, 2.24) is 4.90 Å². The van der Waals surface area contributed by atoms with Gasteiger partial charge in [-0.2, -0.15) is 0 Å². The van der Waals surface area contributed by atoms with Crippen LogP contribution in [0.25, 0.3) is 0 Å². The van der Waals surface area contributed by atoms with Crippen LogP contribution in [0.2, 0.25) is 0 Å². The molecule has 0 aromatic heterocycles. The second kappa shape index (κ2) is 6.30. The van der Waals surface area contributed by atoms with Gasteiger partial charge in [0.2, 0.25) is 0 Å². The number of nitrogens with zero attached hydrogens (tertiary/aromatic N) is 1. The third kappa shape index (κ3) is 4.63. The molecular weight excluding hydrogens is 242 g/mol. The maximum absolute atomic E-state index is 2.57. The molecule has 0 saturated heterocycles. The smallest absolute Gasteiger partial charge is 0.0373 e. The lowest BCUT2D eigenvalue weighted by Crippen LogP contribution is -2.47. The molecule has 0 aliphatic rings. The van der Waals surface area contributed by atoms with Crippen molar-refractivity contribution in [3.63, 3.8) is 0 Å². The summed E-state index contributed by atoms with van der Waals surface area (Å²) < 4.78 is 0. The van der Waals surface area contributed by atoms with E-state index in [4.69, 9.17) is 0 Å². The third-order valence-corrected chi connectivity index (χ3v) is 4.11. The Bertz CT molecular complexity index is 398. The van der Waals surface area contributed by atoms with Gasteiger partial charge >= 0.3 is 0 Å². The summed E-state index contributed by atoms with van der Waals surface area (Å²) in [6, 6.07) is 11.4. The molecule has 1 rings (SSSR count). The molecule has 114 valence electrons. The number of rotatable bonds is 5. The Morgan fingerprint density at radius 3 is 1.85 bits per heavy atom. The van der Waals surface area contributed by atoms with Crippen LogP contribution in [0.1, 0.15) is 66.5 Å². The van der Waals surface area contributed by atoms with E-state index in [-0.39, 0.29) is 5.54 Å². The highest BCUT2D eigenvalue weighted by Gasteiger charge is 2.34. The molecule has 1 aromatic carbocycles. The van der Waals surface area contributed by atoms with Crippen LogP contribution in [-0.4, -0.2) is 17.5 Å². The van der Waals surface area contributed by atoms with Crippen molar-refractivity contribution >= 4 is 0 Å². The highest BCUT2D eigenvalue weighted by molar-refractivity contribution is 5.20. The van der Waals surface area contributed by atoms with E-state index in [0.717, 1.165) is 0 Å². The van der Waals surface area contributed by atoms with E-state index >= 15 is 0 Å². The highest BCUT2D eigenvalue weighted by atomic mass is 15.2. The van der Waals surface area contributed by atoms with Gasteiger partial charge in [-0.15, -0.1) is 0 Å². The first-order valence-electron chi connectivity index (χ1n) is 7.82. The van der Waals surface area contributed by atoms with Crippen molar-refractivity contribution in [2.75, 3.05) is 7.05 Å². The molecule has 1 nitrogen and oxygen atoms in total. The number of hydrogen-bond donors (Lipinski definition) is 0. The number of benzene rings is 1. The molecule has 0 spiro atoms. The van der Waals surface area contributed by atoms with E-state index in [1.807, 2.05) is 0 Å². The Balaban J connectivity index is 3.04. The molecule has 1 aromatic rings. The molecule has 0 N–H and O–H groups in total. The summed E-state index contributed by atoms with van der Waals surface area (Å²) in [5, 5.41) is 0. The molecule has 1 heteroatoms. The topological polar surface area (TPSA) is 3.24 Å². The molecular formula is C19H33N. The fraction of sp³-hybridized carbons (Fsp3) is 0.684. The van der Waals surface area contributed by atoms with Crippen molar-refractivity contribution in [3.8, 4) is 0 Å². The van der Waals surface area contributed by atoms with Crippen molar-refractivity contribution in [1.29, 1.82) is 0 Å². The molecule has 0 bridgehead atoms. The predicted molar refractivity (Wildman–Crippen MR) is 89.9 cm³/mol. The van der Waals surface area contributed by atoms with Gasteiger partial charge in [-0.1, -0.05) is 65.0 Å². The molecule has 0 aliphatic carbocycles. The van der Waals surface area contributed by atoms with E-state index in [2.05, 4.69) is 90.7 Å². The molecule has 0 amide bonds. The van der Waals surface area contributed by atoms with E-state index in [9.17, 15) is 0 Å². The van der Waals surface area contributed by atoms with Crippen LogP contribution in [0.15, 0.2) is 30.3 Å². The SMILES string of the molecule is CC(C)C(c1ccccc1)N(C)C(C)(C)CC(C)(C)C.